The van der Waals surface area contributed by atoms with Gasteiger partial charge >= 0.3 is 0 Å². The van der Waals surface area contributed by atoms with Gasteiger partial charge in [-0.15, -0.1) is 11.3 Å². The maximum atomic E-state index is 11.6. The number of fused-ring (bicyclic) bond motifs is 3. The normalized spacial score (nSPS) is 21.8. The zero-order valence-corrected chi connectivity index (χ0v) is 23.2. The van der Waals surface area contributed by atoms with Crippen LogP contribution in [0.1, 0.15) is 37.9 Å². The first kappa shape index (κ1) is 24.4. The number of likely N-dealkylation sites (N-methyl/N-ethyl adjacent to an activating group) is 1. The molecule has 7 heterocycles. The van der Waals surface area contributed by atoms with Crippen LogP contribution in [0.25, 0.3) is 20.8 Å². The molecule has 12 heteroatoms. The molecule has 0 aliphatic carbocycles. The Bertz CT molecular complexity index is 1540. The highest BCUT2D eigenvalue weighted by atomic mass is 32.1. The molecule has 3 saturated heterocycles. The van der Waals surface area contributed by atoms with Crippen LogP contribution in [0, 0.1) is 6.92 Å². The van der Waals surface area contributed by atoms with Gasteiger partial charge in [-0.3, -0.25) is 14.4 Å². The van der Waals surface area contributed by atoms with Gasteiger partial charge in [0.25, 0.3) is 0 Å². The maximum Gasteiger partial charge on any atom is 0.227 e. The summed E-state index contributed by atoms with van der Waals surface area (Å²) in [5.41, 5.74) is 2.82. The lowest BCUT2D eigenvalue weighted by Gasteiger charge is -2.32. The number of carbonyl (C=O) groups excluding carboxylic acids is 1. The van der Waals surface area contributed by atoms with E-state index in [0.717, 1.165) is 77.3 Å². The highest BCUT2D eigenvalue weighted by molar-refractivity contribution is 7.21. The highest BCUT2D eigenvalue weighted by Gasteiger charge is 2.42. The van der Waals surface area contributed by atoms with Crippen molar-refractivity contribution in [2.75, 3.05) is 43.4 Å². The molecule has 4 aromatic heterocycles. The van der Waals surface area contributed by atoms with Crippen LogP contribution in [-0.4, -0.2) is 90.7 Å². The Hall–Kier alpha value is -3.64. The molecule has 1 N–H and O–H groups in total. The monoisotopic (exact) mass is 544 g/mol. The molecule has 3 fully saturated rings. The lowest BCUT2D eigenvalue weighted by molar-refractivity contribution is -0.130. The van der Waals surface area contributed by atoms with Crippen molar-refractivity contribution in [2.24, 2.45) is 0 Å². The van der Waals surface area contributed by atoms with Gasteiger partial charge in [-0.1, -0.05) is 0 Å². The van der Waals surface area contributed by atoms with Crippen LogP contribution < -0.4 is 10.2 Å². The number of rotatable bonds is 5. The van der Waals surface area contributed by atoms with E-state index in [1.807, 2.05) is 41.0 Å². The van der Waals surface area contributed by atoms with Crippen LogP contribution >= 0.6 is 11.3 Å². The third kappa shape index (κ3) is 4.61. The predicted molar refractivity (Wildman–Crippen MR) is 151 cm³/mol. The Kier molecular flexibility index (Phi) is 5.96. The number of nitrogens with zero attached hydrogens (tertiary/aromatic N) is 9. The Balaban J connectivity index is 1.07. The van der Waals surface area contributed by atoms with Gasteiger partial charge in [-0.2, -0.15) is 10.1 Å². The smallest absolute Gasteiger partial charge is 0.227 e. The van der Waals surface area contributed by atoms with Gasteiger partial charge < -0.3 is 15.1 Å². The number of nitrogens with one attached hydrogen (secondary N) is 1. The standard InChI is InChI=1S/C27H32N10OS/c1-16-8-25(33-27(30-16)36-15-20-9-21(36)14-34(20)3)32-24-10-22-23(12-28-24)39-26(31-22)18-11-29-37(13-18)19-4-6-35(7-5-19)17(2)38/h8,10-13,19-21H,4-7,9,14-15H2,1-3H3,(H,28,30,32,33)/t20-,21-/m0/s1. The molecular weight excluding hydrogens is 512 g/mol. The number of piperidine rings is 1. The van der Waals surface area contributed by atoms with Crippen molar-refractivity contribution in [2.45, 2.75) is 51.2 Å². The van der Waals surface area contributed by atoms with Gasteiger partial charge in [-0.25, -0.2) is 15.0 Å². The summed E-state index contributed by atoms with van der Waals surface area (Å²) >= 11 is 1.61. The first-order valence-corrected chi connectivity index (χ1v) is 14.4. The van der Waals surface area contributed by atoms with E-state index in [1.54, 1.807) is 18.3 Å². The quantitative estimate of drug-likeness (QED) is 0.404. The molecule has 2 atom stereocenters. The fraction of sp³-hybridized carbons (Fsp3) is 0.481. The molecule has 0 aromatic carbocycles. The van der Waals surface area contributed by atoms with Gasteiger partial charge in [-0.05, 0) is 33.2 Å². The summed E-state index contributed by atoms with van der Waals surface area (Å²) in [6.45, 7) is 7.24. The Morgan fingerprint density at radius 3 is 2.62 bits per heavy atom. The van der Waals surface area contributed by atoms with Crippen molar-refractivity contribution >= 4 is 45.0 Å². The fourth-order valence-electron chi connectivity index (χ4n) is 6.11. The number of anilines is 3. The van der Waals surface area contributed by atoms with Crippen molar-refractivity contribution in [3.63, 3.8) is 0 Å². The zero-order chi connectivity index (χ0) is 26.7. The average Bonchev–Trinajstić information content (AvgIpc) is 3.71. The van der Waals surface area contributed by atoms with E-state index in [9.17, 15) is 4.79 Å². The number of thiazole rings is 1. The first-order chi connectivity index (χ1) is 18.9. The number of likely N-dealkylation sites (tertiary alicyclic amines) is 2. The molecule has 39 heavy (non-hydrogen) atoms. The van der Waals surface area contributed by atoms with Crippen LogP contribution in [0.2, 0.25) is 0 Å². The van der Waals surface area contributed by atoms with Crippen LogP contribution in [0.15, 0.2) is 30.7 Å². The SMILES string of the molecule is CC(=O)N1CCC(n2cc(-c3nc4cc(Nc5cc(C)nc(N6C[C@@H]7C[C@H]6CN7C)n5)ncc4s3)cn2)CC1. The number of piperazine rings is 1. The topological polar surface area (TPSA) is 108 Å². The molecule has 4 aromatic rings. The minimum Gasteiger partial charge on any atom is -0.343 e. The third-order valence-corrected chi connectivity index (χ3v) is 9.33. The number of aryl methyl sites for hydroxylation is 1. The average molecular weight is 545 g/mol. The van der Waals surface area contributed by atoms with Gasteiger partial charge in [0.2, 0.25) is 11.9 Å². The summed E-state index contributed by atoms with van der Waals surface area (Å²) in [6.07, 6.45) is 8.84. The number of hydrogen-bond donors (Lipinski definition) is 1. The molecule has 0 spiro atoms. The summed E-state index contributed by atoms with van der Waals surface area (Å²) in [5.74, 6) is 2.39. The molecule has 202 valence electrons. The van der Waals surface area contributed by atoms with Gasteiger partial charge in [0.15, 0.2) is 0 Å². The van der Waals surface area contributed by atoms with E-state index in [2.05, 4.69) is 38.4 Å². The van der Waals surface area contributed by atoms with Crippen molar-refractivity contribution in [3.8, 4) is 10.6 Å². The molecule has 2 bridgehead atoms. The van der Waals surface area contributed by atoms with Crippen molar-refractivity contribution in [1.29, 1.82) is 0 Å². The second kappa shape index (κ2) is 9.53. The van der Waals surface area contributed by atoms with E-state index < -0.39 is 0 Å². The van der Waals surface area contributed by atoms with E-state index in [0.29, 0.717) is 23.9 Å². The second-order valence-corrected chi connectivity index (χ2v) is 12.0. The molecule has 0 unspecified atom stereocenters. The number of amides is 1. The number of carbonyl (C=O) groups is 1. The van der Waals surface area contributed by atoms with Crippen LogP contribution in [0.4, 0.5) is 17.6 Å². The van der Waals surface area contributed by atoms with E-state index in [1.165, 1.54) is 6.42 Å². The van der Waals surface area contributed by atoms with Crippen molar-refractivity contribution in [3.05, 3.63) is 36.4 Å². The van der Waals surface area contributed by atoms with Crippen LogP contribution in [0.3, 0.4) is 0 Å². The molecule has 0 saturated carbocycles. The molecule has 11 nitrogen and oxygen atoms in total. The van der Waals surface area contributed by atoms with E-state index in [4.69, 9.17) is 15.0 Å². The zero-order valence-electron chi connectivity index (χ0n) is 22.4. The summed E-state index contributed by atoms with van der Waals surface area (Å²) in [6, 6.07) is 5.30. The largest absolute Gasteiger partial charge is 0.343 e. The van der Waals surface area contributed by atoms with E-state index >= 15 is 0 Å². The summed E-state index contributed by atoms with van der Waals surface area (Å²) < 4.78 is 3.05. The van der Waals surface area contributed by atoms with Crippen molar-refractivity contribution < 1.29 is 4.79 Å². The van der Waals surface area contributed by atoms with Gasteiger partial charge in [0, 0.05) is 81.0 Å². The summed E-state index contributed by atoms with van der Waals surface area (Å²) in [4.78, 5) is 37.4. The molecular formula is C27H32N10OS. The summed E-state index contributed by atoms with van der Waals surface area (Å²) in [7, 11) is 2.20. The molecule has 3 aliphatic rings. The van der Waals surface area contributed by atoms with Crippen molar-refractivity contribution in [1.82, 2.24) is 39.5 Å². The van der Waals surface area contributed by atoms with E-state index in [-0.39, 0.29) is 5.91 Å². The molecule has 1 amide bonds. The Labute approximate surface area is 230 Å². The highest BCUT2D eigenvalue weighted by Crippen LogP contribution is 2.34. The Morgan fingerprint density at radius 2 is 1.87 bits per heavy atom. The summed E-state index contributed by atoms with van der Waals surface area (Å²) in [5, 5.41) is 8.93. The van der Waals surface area contributed by atoms with Gasteiger partial charge in [0.05, 0.1) is 22.5 Å². The number of hydrogen-bond acceptors (Lipinski definition) is 10. The maximum absolute atomic E-state index is 11.6. The minimum absolute atomic E-state index is 0.147. The van der Waals surface area contributed by atoms with Gasteiger partial charge in [0.1, 0.15) is 16.6 Å². The third-order valence-electron chi connectivity index (χ3n) is 8.28. The number of pyridine rings is 1. The minimum atomic E-state index is 0.147. The molecule has 0 radical (unpaired) electrons. The predicted octanol–water partition coefficient (Wildman–Crippen LogP) is 3.47. The number of aromatic nitrogens is 6. The first-order valence-electron chi connectivity index (χ1n) is 13.6. The van der Waals surface area contributed by atoms with Crippen LogP contribution in [0.5, 0.6) is 0 Å². The lowest BCUT2D eigenvalue weighted by atomic mass is 10.1. The second-order valence-electron chi connectivity index (χ2n) is 11.0. The Morgan fingerprint density at radius 1 is 1.03 bits per heavy atom. The lowest BCUT2D eigenvalue weighted by Crippen LogP contribution is -2.45. The fourth-order valence-corrected chi connectivity index (χ4v) is 7.00. The molecule has 7 rings (SSSR count). The molecule has 3 aliphatic heterocycles. The van der Waals surface area contributed by atoms with Crippen LogP contribution in [-0.2, 0) is 4.79 Å².